The van der Waals surface area contributed by atoms with Crippen molar-refractivity contribution in [3.63, 3.8) is 0 Å². The third-order valence-electron chi connectivity index (χ3n) is 2.12. The summed E-state index contributed by atoms with van der Waals surface area (Å²) in [6, 6.07) is 1.73. The molecule has 0 amide bonds. The van der Waals surface area contributed by atoms with Gasteiger partial charge in [0.1, 0.15) is 24.3 Å². The van der Waals surface area contributed by atoms with E-state index in [0.717, 1.165) is 12.2 Å². The number of aromatic nitrogens is 5. The molecule has 0 fully saturated rings. The maximum atomic E-state index is 5.25. The van der Waals surface area contributed by atoms with E-state index >= 15 is 0 Å². The molecule has 2 aromatic heterocycles. The van der Waals surface area contributed by atoms with Crippen molar-refractivity contribution >= 4 is 11.6 Å². The number of hydrazine groups is 1. The molecule has 0 bridgehead atoms. The van der Waals surface area contributed by atoms with E-state index in [4.69, 9.17) is 5.84 Å². The van der Waals surface area contributed by atoms with Crippen molar-refractivity contribution in [1.82, 2.24) is 24.7 Å². The van der Waals surface area contributed by atoms with Crippen LogP contribution in [-0.4, -0.2) is 31.3 Å². The summed E-state index contributed by atoms with van der Waals surface area (Å²) in [6.07, 6.45) is 3.85. The Hall–Kier alpha value is -2.22. The molecule has 0 saturated carbocycles. The molecule has 90 valence electrons. The number of anilines is 2. The maximum Gasteiger partial charge on any atom is 0.152 e. The Morgan fingerprint density at radius 2 is 2.12 bits per heavy atom. The van der Waals surface area contributed by atoms with Crippen molar-refractivity contribution in [1.29, 1.82) is 0 Å². The normalized spacial score (nSPS) is 10.2. The lowest BCUT2D eigenvalue weighted by Crippen LogP contribution is -2.11. The second-order valence-corrected chi connectivity index (χ2v) is 3.44. The molecular formula is C9H14N8. The molecule has 0 aliphatic heterocycles. The highest BCUT2D eigenvalue weighted by molar-refractivity contribution is 5.45. The Bertz CT molecular complexity index is 479. The molecule has 0 aliphatic rings. The van der Waals surface area contributed by atoms with Crippen LogP contribution in [0.4, 0.5) is 11.6 Å². The van der Waals surface area contributed by atoms with Gasteiger partial charge in [0, 0.05) is 26.1 Å². The first-order chi connectivity index (χ1) is 8.28. The zero-order valence-corrected chi connectivity index (χ0v) is 9.46. The van der Waals surface area contributed by atoms with Crippen LogP contribution in [0.25, 0.3) is 0 Å². The topological polar surface area (TPSA) is 107 Å². The fourth-order valence-corrected chi connectivity index (χ4v) is 1.33. The van der Waals surface area contributed by atoms with Crippen molar-refractivity contribution < 1.29 is 0 Å². The Morgan fingerprint density at radius 3 is 2.82 bits per heavy atom. The van der Waals surface area contributed by atoms with E-state index in [1.54, 1.807) is 17.1 Å². The van der Waals surface area contributed by atoms with Crippen molar-refractivity contribution in [2.45, 2.75) is 6.42 Å². The predicted octanol–water partition coefficient (Wildman–Crippen LogP) is -0.455. The fraction of sp³-hybridized carbons (Fsp3) is 0.333. The van der Waals surface area contributed by atoms with Gasteiger partial charge < -0.3 is 10.7 Å². The van der Waals surface area contributed by atoms with Crippen LogP contribution >= 0.6 is 0 Å². The van der Waals surface area contributed by atoms with Crippen molar-refractivity contribution in [2.24, 2.45) is 12.9 Å². The van der Waals surface area contributed by atoms with Gasteiger partial charge in [-0.05, 0) is 0 Å². The monoisotopic (exact) mass is 234 g/mol. The number of rotatable bonds is 5. The molecule has 0 saturated heterocycles. The first-order valence-electron chi connectivity index (χ1n) is 5.15. The highest BCUT2D eigenvalue weighted by Gasteiger charge is 2.00. The van der Waals surface area contributed by atoms with E-state index in [-0.39, 0.29) is 0 Å². The van der Waals surface area contributed by atoms with Gasteiger partial charge in [-0.3, -0.25) is 4.68 Å². The van der Waals surface area contributed by atoms with Crippen molar-refractivity contribution in [3.05, 3.63) is 24.5 Å². The Balaban J connectivity index is 1.85. The van der Waals surface area contributed by atoms with Crippen molar-refractivity contribution in [2.75, 3.05) is 17.3 Å². The van der Waals surface area contributed by atoms with E-state index in [2.05, 4.69) is 30.8 Å². The SMILES string of the molecule is Cn1cnc(CCNc2cc(NN)ncn2)n1. The summed E-state index contributed by atoms with van der Waals surface area (Å²) in [7, 11) is 1.84. The van der Waals surface area contributed by atoms with Crippen LogP contribution in [0.15, 0.2) is 18.7 Å². The van der Waals surface area contributed by atoms with Crippen LogP contribution in [0.2, 0.25) is 0 Å². The van der Waals surface area contributed by atoms with Gasteiger partial charge in [-0.25, -0.2) is 20.8 Å². The zero-order chi connectivity index (χ0) is 12.1. The average Bonchev–Trinajstić information content (AvgIpc) is 2.75. The van der Waals surface area contributed by atoms with E-state index in [1.807, 2.05) is 7.05 Å². The minimum Gasteiger partial charge on any atom is -0.369 e. The van der Waals surface area contributed by atoms with Crippen LogP contribution in [0.1, 0.15) is 5.82 Å². The second-order valence-electron chi connectivity index (χ2n) is 3.44. The third kappa shape index (κ3) is 3.11. The van der Waals surface area contributed by atoms with Crippen LogP contribution in [0.5, 0.6) is 0 Å². The number of nitrogens with two attached hydrogens (primary N) is 1. The molecule has 2 heterocycles. The van der Waals surface area contributed by atoms with Crippen LogP contribution in [0, 0.1) is 0 Å². The predicted molar refractivity (Wildman–Crippen MR) is 63.0 cm³/mol. The number of nitrogens with one attached hydrogen (secondary N) is 2. The molecular weight excluding hydrogens is 220 g/mol. The molecule has 0 aliphatic carbocycles. The van der Waals surface area contributed by atoms with E-state index < -0.39 is 0 Å². The molecule has 0 spiro atoms. The number of aryl methyl sites for hydroxylation is 1. The van der Waals surface area contributed by atoms with Gasteiger partial charge in [0.15, 0.2) is 5.82 Å². The molecule has 0 atom stereocenters. The number of nitrogen functional groups attached to an aromatic ring is 1. The average molecular weight is 234 g/mol. The molecule has 17 heavy (non-hydrogen) atoms. The van der Waals surface area contributed by atoms with Gasteiger partial charge in [-0.2, -0.15) is 5.10 Å². The number of hydrogen-bond donors (Lipinski definition) is 3. The standard InChI is InChI=1S/C9H14N8/c1-17-6-14-7(16-17)2-3-11-8-4-9(15-10)13-5-12-8/h4-6H,2-3,10H2,1H3,(H2,11,12,13,15). The van der Waals surface area contributed by atoms with Crippen LogP contribution in [-0.2, 0) is 13.5 Å². The van der Waals surface area contributed by atoms with E-state index in [1.165, 1.54) is 6.33 Å². The van der Waals surface area contributed by atoms with E-state index in [0.29, 0.717) is 18.2 Å². The van der Waals surface area contributed by atoms with Crippen LogP contribution < -0.4 is 16.6 Å². The lowest BCUT2D eigenvalue weighted by Gasteiger charge is -2.04. The first kappa shape index (κ1) is 11.3. The Morgan fingerprint density at radius 1 is 1.29 bits per heavy atom. The molecule has 2 aromatic rings. The van der Waals surface area contributed by atoms with Gasteiger partial charge in [0.2, 0.25) is 0 Å². The summed E-state index contributed by atoms with van der Waals surface area (Å²) in [5.41, 5.74) is 2.46. The molecule has 8 nitrogen and oxygen atoms in total. The largest absolute Gasteiger partial charge is 0.369 e. The van der Waals surface area contributed by atoms with Gasteiger partial charge in [0.25, 0.3) is 0 Å². The summed E-state index contributed by atoms with van der Waals surface area (Å²) in [6.45, 7) is 0.699. The molecule has 2 rings (SSSR count). The van der Waals surface area contributed by atoms with Gasteiger partial charge in [-0.15, -0.1) is 0 Å². The summed E-state index contributed by atoms with van der Waals surface area (Å²) in [5.74, 6) is 7.33. The first-order valence-corrected chi connectivity index (χ1v) is 5.15. The minimum atomic E-state index is 0.568. The summed E-state index contributed by atoms with van der Waals surface area (Å²) in [5, 5.41) is 7.32. The molecule has 8 heteroatoms. The molecule has 4 N–H and O–H groups in total. The molecule has 0 aromatic carbocycles. The van der Waals surface area contributed by atoms with Gasteiger partial charge >= 0.3 is 0 Å². The Kier molecular flexibility index (Phi) is 3.46. The summed E-state index contributed by atoms with van der Waals surface area (Å²) in [4.78, 5) is 12.1. The van der Waals surface area contributed by atoms with Crippen molar-refractivity contribution in [3.8, 4) is 0 Å². The van der Waals surface area contributed by atoms with Crippen LogP contribution in [0.3, 0.4) is 0 Å². The Labute approximate surface area is 98.3 Å². The lowest BCUT2D eigenvalue weighted by molar-refractivity contribution is 0.741. The number of hydrogen-bond acceptors (Lipinski definition) is 7. The lowest BCUT2D eigenvalue weighted by atomic mass is 10.4. The maximum absolute atomic E-state index is 5.25. The highest BCUT2D eigenvalue weighted by atomic mass is 15.3. The minimum absolute atomic E-state index is 0.568. The number of nitrogens with zero attached hydrogens (tertiary/aromatic N) is 5. The fourth-order valence-electron chi connectivity index (χ4n) is 1.33. The smallest absolute Gasteiger partial charge is 0.152 e. The summed E-state index contributed by atoms with van der Waals surface area (Å²) < 4.78 is 1.68. The van der Waals surface area contributed by atoms with E-state index in [9.17, 15) is 0 Å². The molecule has 0 radical (unpaired) electrons. The van der Waals surface area contributed by atoms with Gasteiger partial charge in [0.05, 0.1) is 0 Å². The zero-order valence-electron chi connectivity index (χ0n) is 9.46. The summed E-state index contributed by atoms with van der Waals surface area (Å²) >= 11 is 0. The van der Waals surface area contributed by atoms with Gasteiger partial charge in [-0.1, -0.05) is 0 Å². The third-order valence-corrected chi connectivity index (χ3v) is 2.12. The second kappa shape index (κ2) is 5.21. The quantitative estimate of drug-likeness (QED) is 0.475. The molecule has 0 unspecified atom stereocenters. The highest BCUT2D eigenvalue weighted by Crippen LogP contribution is 2.06.